The van der Waals surface area contributed by atoms with Crippen molar-refractivity contribution in [3.63, 3.8) is 0 Å². The number of rotatable bonds is 2. The quantitative estimate of drug-likeness (QED) is 0.848. The van der Waals surface area contributed by atoms with Crippen LogP contribution in [0, 0.1) is 17.8 Å². The van der Waals surface area contributed by atoms with Crippen molar-refractivity contribution in [2.45, 2.75) is 82.7 Å². The number of nitrogens with zero attached hydrogens (tertiary/aromatic N) is 1. The molecule has 3 atom stereocenters. The third-order valence-corrected chi connectivity index (χ3v) is 6.53. The van der Waals surface area contributed by atoms with Crippen molar-refractivity contribution in [1.29, 1.82) is 0 Å². The van der Waals surface area contributed by atoms with Crippen LogP contribution in [0.15, 0.2) is 0 Å². The van der Waals surface area contributed by atoms with Crippen LogP contribution in [0.5, 0.6) is 0 Å². The second-order valence-electron chi connectivity index (χ2n) is 7.83. The monoisotopic (exact) mass is 292 g/mol. The van der Waals surface area contributed by atoms with Crippen molar-refractivity contribution in [3.8, 4) is 0 Å². The largest absolute Gasteiger partial charge is 0.343 e. The van der Waals surface area contributed by atoms with Crippen LogP contribution in [0.3, 0.4) is 0 Å². The van der Waals surface area contributed by atoms with Crippen molar-refractivity contribution in [1.82, 2.24) is 4.90 Å². The van der Waals surface area contributed by atoms with E-state index in [0.717, 1.165) is 43.9 Å². The Morgan fingerprint density at radius 2 is 1.57 bits per heavy atom. The number of nitrogens with two attached hydrogens (primary N) is 1. The number of amides is 1. The molecule has 3 aliphatic rings. The number of carbonyl (C=O) groups is 1. The SMILES string of the molecule is CN(C(=O)C1CCC2CCCCC2C1)C1CCC(N)CC1. The fourth-order valence-corrected chi connectivity index (χ4v) is 5.05. The summed E-state index contributed by atoms with van der Waals surface area (Å²) in [6, 6.07) is 0.809. The molecule has 120 valence electrons. The third kappa shape index (κ3) is 3.44. The molecule has 0 aromatic rings. The molecule has 0 radical (unpaired) electrons. The molecule has 0 aromatic carbocycles. The summed E-state index contributed by atoms with van der Waals surface area (Å²) in [6.07, 6.45) is 13.6. The molecule has 0 aromatic heterocycles. The van der Waals surface area contributed by atoms with Gasteiger partial charge in [0.05, 0.1) is 0 Å². The van der Waals surface area contributed by atoms with Crippen LogP contribution in [0.4, 0.5) is 0 Å². The minimum Gasteiger partial charge on any atom is -0.343 e. The zero-order valence-electron chi connectivity index (χ0n) is 13.6. The minimum absolute atomic E-state index is 0.310. The Hall–Kier alpha value is -0.570. The van der Waals surface area contributed by atoms with Crippen LogP contribution in [0.1, 0.15) is 70.6 Å². The summed E-state index contributed by atoms with van der Waals surface area (Å²) in [7, 11) is 2.04. The van der Waals surface area contributed by atoms with Crippen molar-refractivity contribution in [2.24, 2.45) is 23.5 Å². The first-order valence-electron chi connectivity index (χ1n) is 9.17. The lowest BCUT2D eigenvalue weighted by Gasteiger charge is -2.41. The Morgan fingerprint density at radius 3 is 2.29 bits per heavy atom. The summed E-state index contributed by atoms with van der Waals surface area (Å²) in [4.78, 5) is 14.9. The van der Waals surface area contributed by atoms with E-state index in [9.17, 15) is 4.79 Å². The highest BCUT2D eigenvalue weighted by Gasteiger charge is 2.37. The van der Waals surface area contributed by atoms with Gasteiger partial charge in [-0.05, 0) is 56.8 Å². The van der Waals surface area contributed by atoms with Crippen molar-refractivity contribution in [2.75, 3.05) is 7.05 Å². The molecule has 2 N–H and O–H groups in total. The molecule has 1 amide bonds. The standard InChI is InChI=1S/C18H32N2O/c1-20(17-10-8-16(19)9-11-17)18(21)15-7-6-13-4-2-3-5-14(13)12-15/h13-17H,2-12,19H2,1H3. The van der Waals surface area contributed by atoms with Gasteiger partial charge in [-0.15, -0.1) is 0 Å². The van der Waals surface area contributed by atoms with Gasteiger partial charge < -0.3 is 10.6 Å². The predicted molar refractivity (Wildman–Crippen MR) is 85.8 cm³/mol. The molecule has 3 rings (SSSR count). The lowest BCUT2D eigenvalue weighted by molar-refractivity contribution is -0.139. The highest BCUT2D eigenvalue weighted by atomic mass is 16.2. The van der Waals surface area contributed by atoms with Gasteiger partial charge in [0.1, 0.15) is 0 Å². The molecule has 3 saturated carbocycles. The van der Waals surface area contributed by atoms with E-state index in [1.54, 1.807) is 0 Å². The van der Waals surface area contributed by atoms with Gasteiger partial charge in [0.25, 0.3) is 0 Å². The Kier molecular flexibility index (Phi) is 4.88. The van der Waals surface area contributed by atoms with E-state index in [1.807, 2.05) is 7.05 Å². The molecular weight excluding hydrogens is 260 g/mol. The van der Waals surface area contributed by atoms with E-state index in [1.165, 1.54) is 38.5 Å². The van der Waals surface area contributed by atoms with Gasteiger partial charge in [-0.3, -0.25) is 4.79 Å². The summed E-state index contributed by atoms with van der Waals surface area (Å²) >= 11 is 0. The predicted octanol–water partition coefficient (Wildman–Crippen LogP) is 3.32. The maximum Gasteiger partial charge on any atom is 0.225 e. The molecule has 3 heteroatoms. The number of hydrogen-bond acceptors (Lipinski definition) is 2. The maximum absolute atomic E-state index is 12.8. The summed E-state index contributed by atoms with van der Waals surface area (Å²) in [6.45, 7) is 0. The lowest BCUT2D eigenvalue weighted by atomic mass is 9.67. The average Bonchev–Trinajstić information content (AvgIpc) is 2.54. The number of hydrogen-bond donors (Lipinski definition) is 1. The fraction of sp³-hybridized carbons (Fsp3) is 0.944. The van der Waals surface area contributed by atoms with E-state index in [2.05, 4.69) is 4.90 Å². The molecular formula is C18H32N2O. The number of carbonyl (C=O) groups excluding carboxylic acids is 1. The zero-order valence-corrected chi connectivity index (χ0v) is 13.6. The van der Waals surface area contributed by atoms with Crippen LogP contribution in [-0.4, -0.2) is 29.9 Å². The van der Waals surface area contributed by atoms with Crippen molar-refractivity contribution >= 4 is 5.91 Å². The minimum atomic E-state index is 0.310. The fourth-order valence-electron chi connectivity index (χ4n) is 5.05. The van der Waals surface area contributed by atoms with Crippen LogP contribution in [-0.2, 0) is 4.79 Å². The smallest absolute Gasteiger partial charge is 0.225 e. The second kappa shape index (κ2) is 6.68. The van der Waals surface area contributed by atoms with Crippen molar-refractivity contribution < 1.29 is 4.79 Å². The van der Waals surface area contributed by atoms with Gasteiger partial charge in [0, 0.05) is 25.0 Å². The Morgan fingerprint density at radius 1 is 0.905 bits per heavy atom. The Bertz CT molecular complexity index is 362. The number of fused-ring (bicyclic) bond motifs is 1. The first-order valence-corrected chi connectivity index (χ1v) is 9.17. The van der Waals surface area contributed by atoms with E-state index < -0.39 is 0 Å². The molecule has 0 bridgehead atoms. The Labute approximate surface area is 129 Å². The molecule has 0 saturated heterocycles. The summed E-state index contributed by atoms with van der Waals surface area (Å²) < 4.78 is 0. The molecule has 0 heterocycles. The molecule has 0 spiro atoms. The summed E-state index contributed by atoms with van der Waals surface area (Å²) in [5.74, 6) is 2.51. The molecule has 21 heavy (non-hydrogen) atoms. The van der Waals surface area contributed by atoms with E-state index in [0.29, 0.717) is 23.9 Å². The van der Waals surface area contributed by atoms with Gasteiger partial charge in [-0.25, -0.2) is 0 Å². The maximum atomic E-state index is 12.8. The topological polar surface area (TPSA) is 46.3 Å². The van der Waals surface area contributed by atoms with Gasteiger partial charge in [-0.2, -0.15) is 0 Å². The first kappa shape index (κ1) is 15.3. The second-order valence-corrected chi connectivity index (χ2v) is 7.83. The molecule has 3 aliphatic carbocycles. The van der Waals surface area contributed by atoms with E-state index in [4.69, 9.17) is 5.73 Å². The van der Waals surface area contributed by atoms with Crippen LogP contribution >= 0.6 is 0 Å². The van der Waals surface area contributed by atoms with Crippen LogP contribution < -0.4 is 5.73 Å². The van der Waals surface area contributed by atoms with Gasteiger partial charge in [-0.1, -0.05) is 25.7 Å². The van der Waals surface area contributed by atoms with Gasteiger partial charge in [0.15, 0.2) is 0 Å². The van der Waals surface area contributed by atoms with Crippen molar-refractivity contribution in [3.05, 3.63) is 0 Å². The van der Waals surface area contributed by atoms with Crippen LogP contribution in [0.25, 0.3) is 0 Å². The van der Waals surface area contributed by atoms with Gasteiger partial charge >= 0.3 is 0 Å². The van der Waals surface area contributed by atoms with Gasteiger partial charge in [0.2, 0.25) is 5.91 Å². The highest BCUT2D eigenvalue weighted by molar-refractivity contribution is 5.79. The lowest BCUT2D eigenvalue weighted by Crippen LogP contribution is -2.45. The zero-order chi connectivity index (χ0) is 14.8. The molecule has 3 unspecified atom stereocenters. The molecule has 3 fully saturated rings. The third-order valence-electron chi connectivity index (χ3n) is 6.53. The Balaban J connectivity index is 1.54. The first-order chi connectivity index (χ1) is 10.1. The normalized spacial score (nSPS) is 40.4. The average molecular weight is 292 g/mol. The summed E-state index contributed by atoms with van der Waals surface area (Å²) in [5.41, 5.74) is 5.99. The van der Waals surface area contributed by atoms with E-state index in [-0.39, 0.29) is 0 Å². The highest BCUT2D eigenvalue weighted by Crippen LogP contribution is 2.43. The molecule has 0 aliphatic heterocycles. The summed E-state index contributed by atoms with van der Waals surface area (Å²) in [5, 5.41) is 0. The van der Waals surface area contributed by atoms with E-state index >= 15 is 0 Å². The molecule has 3 nitrogen and oxygen atoms in total. The van der Waals surface area contributed by atoms with Crippen LogP contribution in [0.2, 0.25) is 0 Å².